The van der Waals surface area contributed by atoms with E-state index in [2.05, 4.69) is 6.07 Å². The van der Waals surface area contributed by atoms with Gasteiger partial charge in [0.2, 0.25) is 0 Å². The highest BCUT2D eigenvalue weighted by Gasteiger charge is 2.06. The number of fused-ring (bicyclic) bond motifs is 3. The minimum atomic E-state index is 0.375. The summed E-state index contributed by atoms with van der Waals surface area (Å²) < 4.78 is 2.37. The molecule has 0 aliphatic heterocycles. The first-order chi connectivity index (χ1) is 6.86. The average molecular weight is 200 g/mol. The zero-order valence-corrected chi connectivity index (χ0v) is 8.21. The molecule has 0 atom stereocenters. The molecule has 1 heterocycles. The van der Waals surface area contributed by atoms with Gasteiger partial charge in [-0.1, -0.05) is 24.3 Å². The monoisotopic (exact) mass is 200 g/mol. The third-order valence-electron chi connectivity index (χ3n) is 2.38. The molecular formula is C12H8OS. The standard InChI is InChI=1S/C12H8OS/c13-9-5-3-7-11-12(9)8-4-1-2-6-10(8)14-11/h1-7,13H. The van der Waals surface area contributed by atoms with Crippen molar-refractivity contribution < 1.29 is 5.11 Å². The first-order valence-corrected chi connectivity index (χ1v) is 5.27. The van der Waals surface area contributed by atoms with Crippen LogP contribution < -0.4 is 0 Å². The van der Waals surface area contributed by atoms with Gasteiger partial charge in [0.25, 0.3) is 0 Å². The van der Waals surface area contributed by atoms with Crippen molar-refractivity contribution >= 4 is 31.5 Å². The number of hydrogen-bond acceptors (Lipinski definition) is 2. The summed E-state index contributed by atoms with van der Waals surface area (Å²) in [6.07, 6.45) is 0. The first-order valence-electron chi connectivity index (χ1n) is 4.45. The van der Waals surface area contributed by atoms with E-state index in [4.69, 9.17) is 0 Å². The maximum absolute atomic E-state index is 9.76. The molecule has 0 saturated carbocycles. The van der Waals surface area contributed by atoms with E-state index < -0.39 is 0 Å². The molecule has 0 bridgehead atoms. The van der Waals surface area contributed by atoms with E-state index in [1.807, 2.05) is 30.3 Å². The summed E-state index contributed by atoms with van der Waals surface area (Å²) in [5, 5.41) is 11.9. The summed E-state index contributed by atoms with van der Waals surface area (Å²) in [7, 11) is 0. The van der Waals surface area contributed by atoms with Gasteiger partial charge in [-0.05, 0) is 18.2 Å². The highest BCUT2D eigenvalue weighted by Crippen LogP contribution is 2.38. The van der Waals surface area contributed by atoms with Crippen molar-refractivity contribution in [3.8, 4) is 5.75 Å². The highest BCUT2D eigenvalue weighted by atomic mass is 32.1. The molecular weight excluding hydrogens is 192 g/mol. The molecule has 2 heteroatoms. The van der Waals surface area contributed by atoms with Crippen molar-refractivity contribution in [3.63, 3.8) is 0 Å². The molecule has 0 amide bonds. The van der Waals surface area contributed by atoms with Gasteiger partial charge in [-0.25, -0.2) is 0 Å². The summed E-state index contributed by atoms with van der Waals surface area (Å²) >= 11 is 1.72. The molecule has 2 aromatic carbocycles. The van der Waals surface area contributed by atoms with E-state index >= 15 is 0 Å². The Bertz CT molecular complexity index is 610. The maximum atomic E-state index is 9.76. The van der Waals surface area contributed by atoms with Crippen LogP contribution in [-0.4, -0.2) is 5.11 Å². The molecule has 68 valence electrons. The average Bonchev–Trinajstić information content (AvgIpc) is 2.57. The zero-order valence-electron chi connectivity index (χ0n) is 7.40. The van der Waals surface area contributed by atoms with E-state index in [9.17, 15) is 5.11 Å². The Balaban J connectivity index is 2.65. The molecule has 0 spiro atoms. The van der Waals surface area contributed by atoms with Crippen LogP contribution in [0.25, 0.3) is 20.2 Å². The second kappa shape index (κ2) is 2.72. The lowest BCUT2D eigenvalue weighted by molar-refractivity contribution is 0.482. The van der Waals surface area contributed by atoms with Crippen LogP contribution in [0.2, 0.25) is 0 Å². The quantitative estimate of drug-likeness (QED) is 0.585. The Kier molecular flexibility index (Phi) is 1.52. The number of hydrogen-bond donors (Lipinski definition) is 1. The second-order valence-corrected chi connectivity index (χ2v) is 4.33. The van der Waals surface area contributed by atoms with Crippen molar-refractivity contribution in [1.29, 1.82) is 0 Å². The Hall–Kier alpha value is -1.54. The van der Waals surface area contributed by atoms with Crippen LogP contribution in [0.4, 0.5) is 0 Å². The van der Waals surface area contributed by atoms with E-state index in [0.717, 1.165) is 15.5 Å². The molecule has 0 unspecified atom stereocenters. The highest BCUT2D eigenvalue weighted by molar-refractivity contribution is 7.25. The van der Waals surface area contributed by atoms with E-state index in [-0.39, 0.29) is 0 Å². The minimum absolute atomic E-state index is 0.375. The molecule has 1 nitrogen and oxygen atoms in total. The van der Waals surface area contributed by atoms with Gasteiger partial charge in [-0.3, -0.25) is 0 Å². The Morgan fingerprint density at radius 1 is 0.857 bits per heavy atom. The van der Waals surface area contributed by atoms with E-state index in [0.29, 0.717) is 5.75 Å². The molecule has 0 saturated heterocycles. The van der Waals surface area contributed by atoms with Gasteiger partial charge in [0.1, 0.15) is 5.75 Å². The predicted octanol–water partition coefficient (Wildman–Crippen LogP) is 3.76. The number of thiophene rings is 1. The maximum Gasteiger partial charge on any atom is 0.124 e. The van der Waals surface area contributed by atoms with Crippen LogP contribution in [0.1, 0.15) is 0 Å². The fourth-order valence-electron chi connectivity index (χ4n) is 1.76. The van der Waals surface area contributed by atoms with Gasteiger partial charge in [0, 0.05) is 20.2 Å². The lowest BCUT2D eigenvalue weighted by Gasteiger charge is -1.94. The Morgan fingerprint density at radius 2 is 1.64 bits per heavy atom. The number of benzene rings is 2. The summed E-state index contributed by atoms with van der Waals surface area (Å²) in [6.45, 7) is 0. The van der Waals surface area contributed by atoms with Crippen LogP contribution in [-0.2, 0) is 0 Å². The summed E-state index contributed by atoms with van der Waals surface area (Å²) in [4.78, 5) is 0. The Morgan fingerprint density at radius 3 is 2.57 bits per heavy atom. The lowest BCUT2D eigenvalue weighted by Crippen LogP contribution is -1.67. The number of phenols is 1. The van der Waals surface area contributed by atoms with E-state index in [1.54, 1.807) is 17.4 Å². The lowest BCUT2D eigenvalue weighted by atomic mass is 10.1. The zero-order chi connectivity index (χ0) is 9.54. The number of phenolic OH excluding ortho intramolecular Hbond substituents is 1. The SMILES string of the molecule is Oc1cccc2sc3ccccc3c12. The minimum Gasteiger partial charge on any atom is -0.507 e. The van der Waals surface area contributed by atoms with Crippen molar-refractivity contribution in [1.82, 2.24) is 0 Å². The summed E-state index contributed by atoms with van der Waals surface area (Å²) in [6, 6.07) is 13.8. The van der Waals surface area contributed by atoms with Crippen LogP contribution in [0.5, 0.6) is 5.75 Å². The molecule has 0 aliphatic carbocycles. The molecule has 1 N–H and O–H groups in total. The van der Waals surface area contributed by atoms with Gasteiger partial charge >= 0.3 is 0 Å². The third-order valence-corrected chi connectivity index (χ3v) is 3.52. The molecule has 1 aromatic heterocycles. The van der Waals surface area contributed by atoms with Crippen molar-refractivity contribution in [2.75, 3.05) is 0 Å². The molecule has 0 aliphatic rings. The Labute approximate surface area is 85.2 Å². The summed E-state index contributed by atoms with van der Waals surface area (Å²) in [5.41, 5.74) is 0. The van der Waals surface area contributed by atoms with Crippen LogP contribution in [0, 0.1) is 0 Å². The van der Waals surface area contributed by atoms with Gasteiger partial charge in [-0.15, -0.1) is 11.3 Å². The second-order valence-electron chi connectivity index (χ2n) is 3.25. The normalized spacial score (nSPS) is 11.1. The smallest absolute Gasteiger partial charge is 0.124 e. The molecule has 14 heavy (non-hydrogen) atoms. The molecule has 3 rings (SSSR count). The third kappa shape index (κ3) is 0.946. The van der Waals surface area contributed by atoms with Crippen LogP contribution in [0.3, 0.4) is 0 Å². The van der Waals surface area contributed by atoms with Crippen molar-refractivity contribution in [2.24, 2.45) is 0 Å². The van der Waals surface area contributed by atoms with Gasteiger partial charge in [0.05, 0.1) is 0 Å². The first kappa shape index (κ1) is 7.83. The molecule has 0 fully saturated rings. The largest absolute Gasteiger partial charge is 0.507 e. The predicted molar refractivity (Wildman–Crippen MR) is 61.0 cm³/mol. The van der Waals surface area contributed by atoms with Gasteiger partial charge in [0.15, 0.2) is 0 Å². The van der Waals surface area contributed by atoms with E-state index in [1.165, 1.54) is 4.70 Å². The van der Waals surface area contributed by atoms with Crippen molar-refractivity contribution in [2.45, 2.75) is 0 Å². The topological polar surface area (TPSA) is 20.2 Å². The molecule has 3 aromatic rings. The van der Waals surface area contributed by atoms with Gasteiger partial charge in [-0.2, -0.15) is 0 Å². The van der Waals surface area contributed by atoms with Gasteiger partial charge < -0.3 is 5.11 Å². The van der Waals surface area contributed by atoms with Crippen LogP contribution >= 0.6 is 11.3 Å². The van der Waals surface area contributed by atoms with Crippen LogP contribution in [0.15, 0.2) is 42.5 Å². The number of aromatic hydroxyl groups is 1. The fraction of sp³-hybridized carbons (Fsp3) is 0. The molecule has 0 radical (unpaired) electrons. The number of rotatable bonds is 0. The fourth-order valence-corrected chi connectivity index (χ4v) is 2.88. The summed E-state index contributed by atoms with van der Waals surface area (Å²) in [5.74, 6) is 0.375. The van der Waals surface area contributed by atoms with Crippen molar-refractivity contribution in [3.05, 3.63) is 42.5 Å².